The second-order valence-corrected chi connectivity index (χ2v) is 5.44. The number of aryl methyl sites for hydroxylation is 4. The van der Waals surface area contributed by atoms with Crippen molar-refractivity contribution in [1.82, 2.24) is 29.1 Å². The van der Waals surface area contributed by atoms with Crippen molar-refractivity contribution in [2.45, 2.75) is 26.7 Å². The fourth-order valence-electron chi connectivity index (χ4n) is 2.65. The number of nitrogens with one attached hydrogen (secondary N) is 1. The van der Waals surface area contributed by atoms with Crippen LogP contribution in [0.1, 0.15) is 24.7 Å². The Bertz CT molecular complexity index is 831. The first-order valence-corrected chi connectivity index (χ1v) is 7.11. The molecule has 1 N–H and O–H groups in total. The second-order valence-electron chi connectivity index (χ2n) is 5.06. The van der Waals surface area contributed by atoms with Crippen LogP contribution in [-0.4, -0.2) is 29.1 Å². The molecule has 0 unspecified atom stereocenters. The molecule has 0 saturated carbocycles. The molecule has 6 nitrogen and oxygen atoms in total. The molecule has 0 radical (unpaired) electrons. The number of hydrogen-bond acceptors (Lipinski definition) is 3. The molecule has 3 rings (SSSR count). The molecule has 0 atom stereocenters. The first-order chi connectivity index (χ1) is 9.52. The van der Waals surface area contributed by atoms with Gasteiger partial charge in [0.05, 0.1) is 17.1 Å². The molecule has 7 heteroatoms. The molecule has 0 bridgehead atoms. The summed E-state index contributed by atoms with van der Waals surface area (Å²) in [5.74, 6) is 0. The van der Waals surface area contributed by atoms with Crippen LogP contribution < -0.4 is 0 Å². The van der Waals surface area contributed by atoms with Crippen molar-refractivity contribution < 1.29 is 0 Å². The maximum Gasteiger partial charge on any atom is 0.184 e. The van der Waals surface area contributed by atoms with E-state index in [1.165, 1.54) is 0 Å². The Morgan fingerprint density at radius 3 is 2.65 bits per heavy atom. The standard InChI is InChI=1S/C13H18N6S/c1-5-6-9-11-12(18(4)16-9)19(13(20)14-11)10-7-17(3)15-8(10)2/h7H,5-6H2,1-4H3,(H,14,20). The van der Waals surface area contributed by atoms with Gasteiger partial charge in [-0.1, -0.05) is 13.3 Å². The minimum absolute atomic E-state index is 0.682. The van der Waals surface area contributed by atoms with Crippen LogP contribution in [0.5, 0.6) is 0 Å². The lowest BCUT2D eigenvalue weighted by Crippen LogP contribution is -2.01. The molecule has 3 heterocycles. The highest BCUT2D eigenvalue weighted by Gasteiger charge is 2.18. The summed E-state index contributed by atoms with van der Waals surface area (Å²) >= 11 is 5.49. The van der Waals surface area contributed by atoms with Gasteiger partial charge < -0.3 is 4.98 Å². The fraction of sp³-hybridized carbons (Fsp3) is 0.462. The fourth-order valence-corrected chi connectivity index (χ4v) is 2.94. The molecular formula is C13H18N6S. The van der Waals surface area contributed by atoms with Crippen LogP contribution in [-0.2, 0) is 20.5 Å². The number of fused-ring (bicyclic) bond motifs is 1. The lowest BCUT2D eigenvalue weighted by molar-refractivity contribution is 0.734. The van der Waals surface area contributed by atoms with E-state index in [1.807, 2.05) is 36.5 Å². The van der Waals surface area contributed by atoms with Gasteiger partial charge in [0.2, 0.25) is 0 Å². The number of H-pyrrole nitrogens is 1. The number of aromatic amines is 1. The van der Waals surface area contributed by atoms with Gasteiger partial charge in [-0.2, -0.15) is 10.2 Å². The molecular weight excluding hydrogens is 272 g/mol. The summed E-state index contributed by atoms with van der Waals surface area (Å²) in [4.78, 5) is 3.29. The zero-order chi connectivity index (χ0) is 14.4. The van der Waals surface area contributed by atoms with Crippen LogP contribution in [0.25, 0.3) is 16.9 Å². The lowest BCUT2D eigenvalue weighted by atomic mass is 10.2. The summed E-state index contributed by atoms with van der Waals surface area (Å²) in [5.41, 5.74) is 5.03. The smallest absolute Gasteiger partial charge is 0.184 e. The van der Waals surface area contributed by atoms with Gasteiger partial charge in [0, 0.05) is 20.3 Å². The minimum atomic E-state index is 0.682. The monoisotopic (exact) mass is 290 g/mol. The zero-order valence-electron chi connectivity index (χ0n) is 12.1. The molecule has 0 aliphatic heterocycles. The van der Waals surface area contributed by atoms with E-state index in [2.05, 4.69) is 22.1 Å². The predicted octanol–water partition coefficient (Wildman–Crippen LogP) is 2.42. The Morgan fingerprint density at radius 2 is 2.05 bits per heavy atom. The highest BCUT2D eigenvalue weighted by atomic mass is 32.1. The average molecular weight is 290 g/mol. The van der Waals surface area contributed by atoms with Gasteiger partial charge in [0.15, 0.2) is 10.4 Å². The summed E-state index contributed by atoms with van der Waals surface area (Å²) < 4.78 is 6.38. The zero-order valence-corrected chi connectivity index (χ0v) is 13.0. The second kappa shape index (κ2) is 4.59. The maximum atomic E-state index is 5.49. The molecule has 0 aliphatic rings. The Kier molecular flexibility index (Phi) is 3.01. The van der Waals surface area contributed by atoms with Crippen LogP contribution in [0.2, 0.25) is 0 Å². The molecule has 0 aromatic carbocycles. The van der Waals surface area contributed by atoms with Gasteiger partial charge >= 0.3 is 0 Å². The van der Waals surface area contributed by atoms with Crippen LogP contribution >= 0.6 is 12.2 Å². The van der Waals surface area contributed by atoms with Crippen molar-refractivity contribution >= 4 is 23.4 Å². The third-order valence-corrected chi connectivity index (χ3v) is 3.74. The Balaban J connectivity index is 2.34. The van der Waals surface area contributed by atoms with Crippen molar-refractivity contribution in [3.8, 4) is 5.69 Å². The van der Waals surface area contributed by atoms with Crippen LogP contribution in [0.15, 0.2) is 6.20 Å². The number of rotatable bonds is 3. The van der Waals surface area contributed by atoms with Crippen LogP contribution in [0.3, 0.4) is 0 Å². The molecule has 0 aliphatic carbocycles. The van der Waals surface area contributed by atoms with Gasteiger partial charge in [0.25, 0.3) is 0 Å². The highest BCUT2D eigenvalue weighted by molar-refractivity contribution is 7.71. The average Bonchev–Trinajstić information content (AvgIpc) is 2.96. The molecule has 20 heavy (non-hydrogen) atoms. The van der Waals surface area contributed by atoms with Gasteiger partial charge in [-0.05, 0) is 25.6 Å². The Morgan fingerprint density at radius 1 is 1.30 bits per heavy atom. The van der Waals surface area contributed by atoms with Gasteiger partial charge in [0.1, 0.15) is 5.52 Å². The van der Waals surface area contributed by atoms with E-state index in [4.69, 9.17) is 12.2 Å². The third-order valence-electron chi connectivity index (χ3n) is 3.45. The number of hydrogen-bond donors (Lipinski definition) is 1. The highest BCUT2D eigenvalue weighted by Crippen LogP contribution is 2.24. The van der Waals surface area contributed by atoms with E-state index in [0.29, 0.717) is 4.77 Å². The Hall–Kier alpha value is -1.89. The van der Waals surface area contributed by atoms with Gasteiger partial charge in [-0.25, -0.2) is 4.68 Å². The van der Waals surface area contributed by atoms with Crippen molar-refractivity contribution in [2.75, 3.05) is 0 Å². The summed E-state index contributed by atoms with van der Waals surface area (Å²) in [7, 11) is 3.86. The summed E-state index contributed by atoms with van der Waals surface area (Å²) in [5, 5.41) is 8.99. The Labute approximate surface area is 122 Å². The van der Waals surface area contributed by atoms with Gasteiger partial charge in [-0.15, -0.1) is 0 Å². The van der Waals surface area contributed by atoms with Gasteiger partial charge in [-0.3, -0.25) is 9.25 Å². The summed E-state index contributed by atoms with van der Waals surface area (Å²) in [6, 6.07) is 0. The lowest BCUT2D eigenvalue weighted by Gasteiger charge is -2.02. The number of aromatic nitrogens is 6. The van der Waals surface area contributed by atoms with Crippen molar-refractivity contribution in [1.29, 1.82) is 0 Å². The van der Waals surface area contributed by atoms with E-state index >= 15 is 0 Å². The van der Waals surface area contributed by atoms with E-state index in [0.717, 1.165) is 41.1 Å². The molecule has 0 spiro atoms. The number of imidazole rings is 1. The SMILES string of the molecule is CCCc1nn(C)c2c1[nH]c(=S)n2-c1cn(C)nc1C. The summed E-state index contributed by atoms with van der Waals surface area (Å²) in [6.07, 6.45) is 3.98. The van der Waals surface area contributed by atoms with E-state index in [9.17, 15) is 0 Å². The topological polar surface area (TPSA) is 56.4 Å². The van der Waals surface area contributed by atoms with Crippen molar-refractivity contribution in [3.63, 3.8) is 0 Å². The van der Waals surface area contributed by atoms with Crippen LogP contribution in [0, 0.1) is 11.7 Å². The van der Waals surface area contributed by atoms with E-state index in [1.54, 1.807) is 4.68 Å². The largest absolute Gasteiger partial charge is 0.327 e. The van der Waals surface area contributed by atoms with Crippen LogP contribution in [0.4, 0.5) is 0 Å². The first-order valence-electron chi connectivity index (χ1n) is 6.70. The maximum absolute atomic E-state index is 5.49. The molecule has 106 valence electrons. The third kappa shape index (κ3) is 1.81. The molecule has 0 saturated heterocycles. The predicted molar refractivity (Wildman–Crippen MR) is 80.7 cm³/mol. The quantitative estimate of drug-likeness (QED) is 0.754. The first kappa shape index (κ1) is 13.1. The van der Waals surface area contributed by atoms with Crippen molar-refractivity contribution in [3.05, 3.63) is 22.4 Å². The minimum Gasteiger partial charge on any atom is -0.327 e. The van der Waals surface area contributed by atoms with E-state index < -0.39 is 0 Å². The molecule has 3 aromatic heterocycles. The van der Waals surface area contributed by atoms with Crippen molar-refractivity contribution in [2.24, 2.45) is 14.1 Å². The van der Waals surface area contributed by atoms with E-state index in [-0.39, 0.29) is 0 Å². The normalized spacial score (nSPS) is 11.6. The molecule has 3 aromatic rings. The number of nitrogens with zero attached hydrogens (tertiary/aromatic N) is 5. The molecule has 0 amide bonds. The summed E-state index contributed by atoms with van der Waals surface area (Å²) in [6.45, 7) is 4.14. The molecule has 0 fully saturated rings.